The quantitative estimate of drug-likeness (QED) is 0.832. The molecule has 1 aliphatic rings. The Morgan fingerprint density at radius 2 is 2.37 bits per heavy atom. The Bertz CT molecular complexity index is 433. The Balaban J connectivity index is 1.78. The van der Waals surface area contributed by atoms with Crippen molar-refractivity contribution >= 4 is 5.91 Å². The van der Waals surface area contributed by atoms with Crippen LogP contribution in [0.3, 0.4) is 0 Å². The SMILES string of the molecule is Cc1cccc(CC(=O)NCC2CNCCN2C)c1. The zero-order valence-electron chi connectivity index (χ0n) is 11.8. The van der Waals surface area contributed by atoms with Crippen LogP contribution in [-0.2, 0) is 11.2 Å². The fourth-order valence-corrected chi connectivity index (χ4v) is 2.39. The molecular formula is C15H23N3O. The smallest absolute Gasteiger partial charge is 0.224 e. The van der Waals surface area contributed by atoms with Crippen molar-refractivity contribution in [1.82, 2.24) is 15.5 Å². The minimum absolute atomic E-state index is 0.101. The summed E-state index contributed by atoms with van der Waals surface area (Å²) in [5.74, 6) is 0.101. The molecule has 0 aliphatic carbocycles. The van der Waals surface area contributed by atoms with Gasteiger partial charge in [-0.3, -0.25) is 9.69 Å². The van der Waals surface area contributed by atoms with Crippen LogP contribution < -0.4 is 10.6 Å². The third-order valence-corrected chi connectivity index (χ3v) is 3.63. The van der Waals surface area contributed by atoms with Crippen molar-refractivity contribution in [1.29, 1.82) is 0 Å². The van der Waals surface area contributed by atoms with E-state index in [1.807, 2.05) is 25.1 Å². The third kappa shape index (κ3) is 4.33. The molecule has 0 spiro atoms. The second kappa shape index (κ2) is 6.68. The van der Waals surface area contributed by atoms with Gasteiger partial charge in [0, 0.05) is 32.2 Å². The van der Waals surface area contributed by atoms with E-state index >= 15 is 0 Å². The van der Waals surface area contributed by atoms with Crippen molar-refractivity contribution in [2.45, 2.75) is 19.4 Å². The van der Waals surface area contributed by atoms with Crippen LogP contribution in [0.1, 0.15) is 11.1 Å². The molecule has 1 saturated heterocycles. The first-order valence-corrected chi connectivity index (χ1v) is 6.88. The summed E-state index contributed by atoms with van der Waals surface area (Å²) in [5, 5.41) is 6.38. The summed E-state index contributed by atoms with van der Waals surface area (Å²) in [6.07, 6.45) is 0.464. The fraction of sp³-hybridized carbons (Fsp3) is 0.533. The zero-order chi connectivity index (χ0) is 13.7. The number of nitrogens with zero attached hydrogens (tertiary/aromatic N) is 1. The van der Waals surface area contributed by atoms with E-state index in [1.165, 1.54) is 5.56 Å². The number of hydrogen-bond acceptors (Lipinski definition) is 3. The highest BCUT2D eigenvalue weighted by molar-refractivity contribution is 5.78. The van der Waals surface area contributed by atoms with Crippen molar-refractivity contribution in [3.05, 3.63) is 35.4 Å². The fourth-order valence-electron chi connectivity index (χ4n) is 2.39. The van der Waals surface area contributed by atoms with Crippen LogP contribution in [0.25, 0.3) is 0 Å². The van der Waals surface area contributed by atoms with E-state index in [0.29, 0.717) is 19.0 Å². The first-order chi connectivity index (χ1) is 9.15. The number of nitrogens with one attached hydrogen (secondary N) is 2. The van der Waals surface area contributed by atoms with Gasteiger partial charge in [0.1, 0.15) is 0 Å². The molecular weight excluding hydrogens is 238 g/mol. The van der Waals surface area contributed by atoms with E-state index in [1.54, 1.807) is 0 Å². The van der Waals surface area contributed by atoms with Gasteiger partial charge < -0.3 is 10.6 Å². The lowest BCUT2D eigenvalue weighted by Gasteiger charge is -2.33. The van der Waals surface area contributed by atoms with E-state index in [0.717, 1.165) is 25.2 Å². The number of piperazine rings is 1. The normalized spacial score (nSPS) is 20.2. The van der Waals surface area contributed by atoms with Crippen LogP contribution >= 0.6 is 0 Å². The molecule has 1 heterocycles. The van der Waals surface area contributed by atoms with Crippen molar-refractivity contribution in [3.8, 4) is 0 Å². The lowest BCUT2D eigenvalue weighted by molar-refractivity contribution is -0.120. The van der Waals surface area contributed by atoms with Crippen molar-refractivity contribution < 1.29 is 4.79 Å². The monoisotopic (exact) mass is 261 g/mol. The molecule has 0 saturated carbocycles. The van der Waals surface area contributed by atoms with Gasteiger partial charge in [-0.15, -0.1) is 0 Å². The Labute approximate surface area is 115 Å². The van der Waals surface area contributed by atoms with E-state index < -0.39 is 0 Å². The van der Waals surface area contributed by atoms with E-state index in [9.17, 15) is 4.79 Å². The third-order valence-electron chi connectivity index (χ3n) is 3.63. The molecule has 1 unspecified atom stereocenters. The van der Waals surface area contributed by atoms with Gasteiger partial charge in [-0.1, -0.05) is 29.8 Å². The number of benzene rings is 1. The zero-order valence-corrected chi connectivity index (χ0v) is 11.8. The van der Waals surface area contributed by atoms with Gasteiger partial charge in [0.15, 0.2) is 0 Å². The highest BCUT2D eigenvalue weighted by Gasteiger charge is 2.18. The summed E-state index contributed by atoms with van der Waals surface area (Å²) in [7, 11) is 2.11. The Morgan fingerprint density at radius 3 is 3.11 bits per heavy atom. The number of amides is 1. The summed E-state index contributed by atoms with van der Waals surface area (Å²) in [6, 6.07) is 8.51. The van der Waals surface area contributed by atoms with E-state index in [-0.39, 0.29) is 5.91 Å². The van der Waals surface area contributed by atoms with Crippen LogP contribution in [0, 0.1) is 6.92 Å². The van der Waals surface area contributed by atoms with Crippen LogP contribution in [0.15, 0.2) is 24.3 Å². The highest BCUT2D eigenvalue weighted by atomic mass is 16.1. The molecule has 2 rings (SSSR count). The van der Waals surface area contributed by atoms with E-state index in [4.69, 9.17) is 0 Å². The van der Waals surface area contributed by atoms with Crippen molar-refractivity contribution in [2.24, 2.45) is 0 Å². The molecule has 1 aliphatic heterocycles. The predicted octanol–water partition coefficient (Wildman–Crippen LogP) is 0.557. The maximum Gasteiger partial charge on any atom is 0.224 e. The van der Waals surface area contributed by atoms with Gasteiger partial charge in [0.25, 0.3) is 0 Å². The number of carbonyl (C=O) groups excluding carboxylic acids is 1. The second-order valence-electron chi connectivity index (χ2n) is 5.31. The van der Waals surface area contributed by atoms with Crippen LogP contribution in [0.5, 0.6) is 0 Å². The molecule has 0 aromatic heterocycles. The molecule has 0 bridgehead atoms. The average molecular weight is 261 g/mol. The lowest BCUT2D eigenvalue weighted by Crippen LogP contribution is -2.54. The number of rotatable bonds is 4. The van der Waals surface area contributed by atoms with Crippen LogP contribution in [0.2, 0.25) is 0 Å². The number of aryl methyl sites for hydroxylation is 1. The summed E-state index contributed by atoms with van der Waals surface area (Å²) in [4.78, 5) is 14.2. The second-order valence-corrected chi connectivity index (χ2v) is 5.31. The molecule has 1 atom stereocenters. The topological polar surface area (TPSA) is 44.4 Å². The minimum Gasteiger partial charge on any atom is -0.354 e. The van der Waals surface area contributed by atoms with Crippen molar-refractivity contribution in [2.75, 3.05) is 33.2 Å². The summed E-state index contributed by atoms with van der Waals surface area (Å²) < 4.78 is 0. The van der Waals surface area contributed by atoms with Gasteiger partial charge in [-0.05, 0) is 19.5 Å². The molecule has 1 aromatic rings. The molecule has 19 heavy (non-hydrogen) atoms. The van der Waals surface area contributed by atoms with Gasteiger partial charge in [-0.25, -0.2) is 0 Å². The molecule has 1 fully saturated rings. The molecule has 1 aromatic carbocycles. The average Bonchev–Trinajstić information content (AvgIpc) is 2.38. The molecule has 104 valence electrons. The van der Waals surface area contributed by atoms with Crippen molar-refractivity contribution in [3.63, 3.8) is 0 Å². The first-order valence-electron chi connectivity index (χ1n) is 6.88. The van der Waals surface area contributed by atoms with Gasteiger partial charge in [0.2, 0.25) is 5.91 Å². The first kappa shape index (κ1) is 14.0. The predicted molar refractivity (Wildman–Crippen MR) is 77.2 cm³/mol. The molecule has 4 heteroatoms. The number of likely N-dealkylation sites (N-methyl/N-ethyl adjacent to an activating group) is 1. The van der Waals surface area contributed by atoms with Gasteiger partial charge in [0.05, 0.1) is 6.42 Å². The maximum atomic E-state index is 11.9. The lowest BCUT2D eigenvalue weighted by atomic mass is 10.1. The Kier molecular flexibility index (Phi) is 4.93. The van der Waals surface area contributed by atoms with E-state index in [2.05, 4.69) is 28.6 Å². The van der Waals surface area contributed by atoms with Gasteiger partial charge in [-0.2, -0.15) is 0 Å². The minimum atomic E-state index is 0.101. The Morgan fingerprint density at radius 1 is 1.53 bits per heavy atom. The summed E-state index contributed by atoms with van der Waals surface area (Å²) in [5.41, 5.74) is 2.27. The standard InChI is InChI=1S/C15H23N3O/c1-12-4-3-5-13(8-12)9-15(19)17-11-14-10-16-6-7-18(14)2/h3-5,8,14,16H,6-7,9-11H2,1-2H3,(H,17,19). The molecule has 4 nitrogen and oxygen atoms in total. The molecule has 1 amide bonds. The van der Waals surface area contributed by atoms with Crippen LogP contribution in [-0.4, -0.2) is 50.1 Å². The summed E-state index contributed by atoms with van der Waals surface area (Å²) in [6.45, 7) is 5.78. The molecule has 2 N–H and O–H groups in total. The molecule has 0 radical (unpaired) electrons. The maximum absolute atomic E-state index is 11.9. The number of carbonyl (C=O) groups is 1. The van der Waals surface area contributed by atoms with Gasteiger partial charge >= 0.3 is 0 Å². The summed E-state index contributed by atoms with van der Waals surface area (Å²) >= 11 is 0. The Hall–Kier alpha value is -1.39. The van der Waals surface area contributed by atoms with Crippen LogP contribution in [0.4, 0.5) is 0 Å². The highest BCUT2D eigenvalue weighted by Crippen LogP contribution is 2.05. The number of hydrogen-bond donors (Lipinski definition) is 2. The largest absolute Gasteiger partial charge is 0.354 e.